The third-order valence-corrected chi connectivity index (χ3v) is 5.17. The molecule has 4 rings (SSSR count). The van der Waals surface area contributed by atoms with Crippen LogP contribution in [0, 0.1) is 18.6 Å². The molecule has 0 spiro atoms. The van der Waals surface area contributed by atoms with E-state index in [1.54, 1.807) is 12.1 Å². The lowest BCUT2D eigenvalue weighted by atomic mass is 10.00. The summed E-state index contributed by atoms with van der Waals surface area (Å²) in [6.45, 7) is 4.71. The maximum Gasteiger partial charge on any atom is 0.131 e. The van der Waals surface area contributed by atoms with Gasteiger partial charge >= 0.3 is 0 Å². The third kappa shape index (κ3) is 4.18. The maximum absolute atomic E-state index is 14.9. The second-order valence-corrected chi connectivity index (χ2v) is 7.41. The van der Waals surface area contributed by atoms with Gasteiger partial charge in [-0.25, -0.2) is 13.8 Å². The van der Waals surface area contributed by atoms with Crippen LogP contribution in [0.2, 0.25) is 0 Å². The van der Waals surface area contributed by atoms with Crippen LogP contribution < -0.4 is 4.74 Å². The van der Waals surface area contributed by atoms with Gasteiger partial charge in [-0.2, -0.15) is 0 Å². The lowest BCUT2D eigenvalue weighted by Gasteiger charge is -2.10. The van der Waals surface area contributed by atoms with Gasteiger partial charge in [0, 0.05) is 16.5 Å². The van der Waals surface area contributed by atoms with E-state index < -0.39 is 0 Å². The summed E-state index contributed by atoms with van der Waals surface area (Å²) in [6, 6.07) is 19.0. The molecule has 0 radical (unpaired) electrons. The molecule has 0 saturated heterocycles. The highest BCUT2D eigenvalue weighted by molar-refractivity contribution is 5.85. The number of aromatic nitrogens is 1. The molecule has 0 saturated carbocycles. The first kappa shape index (κ1) is 20.0. The summed E-state index contributed by atoms with van der Waals surface area (Å²) >= 11 is 0. The molecule has 0 bridgehead atoms. The Morgan fingerprint density at radius 3 is 2.37 bits per heavy atom. The van der Waals surface area contributed by atoms with E-state index in [0.717, 1.165) is 35.1 Å². The van der Waals surface area contributed by atoms with Crippen molar-refractivity contribution in [2.24, 2.45) is 0 Å². The summed E-state index contributed by atoms with van der Waals surface area (Å²) in [4.78, 5) is 4.59. The van der Waals surface area contributed by atoms with Gasteiger partial charge in [0.15, 0.2) is 0 Å². The molecule has 0 aliphatic heterocycles. The highest BCUT2D eigenvalue weighted by Gasteiger charge is 2.11. The second-order valence-electron chi connectivity index (χ2n) is 7.41. The molecule has 1 aromatic heterocycles. The first-order valence-corrected chi connectivity index (χ1v) is 10.1. The highest BCUT2D eigenvalue weighted by Crippen LogP contribution is 2.30. The lowest BCUT2D eigenvalue weighted by Crippen LogP contribution is -1.96. The number of unbranched alkanes of at least 4 members (excludes halogenated alkanes) is 1. The van der Waals surface area contributed by atoms with Crippen LogP contribution in [0.4, 0.5) is 8.78 Å². The van der Waals surface area contributed by atoms with E-state index in [1.165, 1.54) is 18.2 Å². The largest absolute Gasteiger partial charge is 0.494 e. The number of aryl methyl sites for hydroxylation is 1. The Labute approximate surface area is 175 Å². The fourth-order valence-electron chi connectivity index (χ4n) is 3.49. The van der Waals surface area contributed by atoms with Gasteiger partial charge < -0.3 is 4.74 Å². The monoisotopic (exact) mass is 403 g/mol. The zero-order valence-electron chi connectivity index (χ0n) is 17.1. The average Bonchev–Trinajstić information content (AvgIpc) is 2.75. The SMILES string of the molecule is CCCCOc1ccc(-c2ccc(-c3cc(C)c4cc(F)ccc4n3)cc2F)cc1. The molecule has 0 aliphatic carbocycles. The summed E-state index contributed by atoms with van der Waals surface area (Å²) < 4.78 is 34.1. The molecule has 152 valence electrons. The molecule has 3 aromatic carbocycles. The van der Waals surface area contributed by atoms with E-state index >= 15 is 0 Å². The van der Waals surface area contributed by atoms with E-state index in [0.29, 0.717) is 28.9 Å². The molecule has 0 aliphatic rings. The first-order valence-electron chi connectivity index (χ1n) is 10.1. The number of nitrogens with zero attached hydrogens (tertiary/aromatic N) is 1. The molecule has 1 heterocycles. The van der Waals surface area contributed by atoms with Gasteiger partial charge in [-0.15, -0.1) is 0 Å². The Hall–Kier alpha value is -3.27. The van der Waals surface area contributed by atoms with Crippen molar-refractivity contribution in [3.63, 3.8) is 0 Å². The zero-order chi connectivity index (χ0) is 21.1. The number of pyridine rings is 1. The van der Waals surface area contributed by atoms with Gasteiger partial charge in [-0.05, 0) is 66.9 Å². The number of ether oxygens (including phenoxy) is 1. The third-order valence-electron chi connectivity index (χ3n) is 5.17. The Morgan fingerprint density at radius 2 is 1.63 bits per heavy atom. The molecule has 0 fully saturated rings. The molecule has 4 heteroatoms. The van der Waals surface area contributed by atoms with Gasteiger partial charge in [-0.3, -0.25) is 0 Å². The number of benzene rings is 3. The molecular formula is C26H23F2NO. The Kier molecular flexibility index (Phi) is 5.75. The molecule has 2 nitrogen and oxygen atoms in total. The van der Waals surface area contributed by atoms with Crippen LogP contribution in [0.5, 0.6) is 5.75 Å². The van der Waals surface area contributed by atoms with E-state index in [1.807, 2.05) is 43.3 Å². The van der Waals surface area contributed by atoms with Crippen LogP contribution in [-0.2, 0) is 0 Å². The molecule has 30 heavy (non-hydrogen) atoms. The second kappa shape index (κ2) is 8.62. The van der Waals surface area contributed by atoms with Crippen LogP contribution in [0.3, 0.4) is 0 Å². The molecule has 0 N–H and O–H groups in total. The smallest absolute Gasteiger partial charge is 0.131 e. The summed E-state index contributed by atoms with van der Waals surface area (Å²) in [5.74, 6) is 0.180. The molecule has 4 aromatic rings. The van der Waals surface area contributed by atoms with Crippen molar-refractivity contribution >= 4 is 10.9 Å². The summed E-state index contributed by atoms with van der Waals surface area (Å²) in [5.41, 5.74) is 4.26. The molecule has 0 atom stereocenters. The van der Waals surface area contributed by atoms with E-state index in [2.05, 4.69) is 11.9 Å². The number of hydrogen-bond acceptors (Lipinski definition) is 2. The fourth-order valence-corrected chi connectivity index (χ4v) is 3.49. The maximum atomic E-state index is 14.9. The minimum atomic E-state index is -0.314. The first-order chi connectivity index (χ1) is 14.5. The fraction of sp³-hybridized carbons (Fsp3) is 0.192. The van der Waals surface area contributed by atoms with Crippen LogP contribution in [-0.4, -0.2) is 11.6 Å². The Balaban J connectivity index is 1.62. The standard InChI is InChI=1S/C26H23F2NO/c1-3-4-13-30-21-9-5-18(6-10-21)22-11-7-19(15-24(22)28)26-14-17(2)23-16-20(27)8-12-25(23)29-26/h5-12,14-16H,3-4,13H2,1-2H3. The predicted octanol–water partition coefficient (Wildman–Crippen LogP) is 7.33. The van der Waals surface area contributed by atoms with Gasteiger partial charge in [0.2, 0.25) is 0 Å². The van der Waals surface area contributed by atoms with Crippen LogP contribution in [0.15, 0.2) is 66.7 Å². The zero-order valence-corrected chi connectivity index (χ0v) is 17.1. The Bertz CT molecular complexity index is 1190. The summed E-state index contributed by atoms with van der Waals surface area (Å²) in [7, 11) is 0. The van der Waals surface area contributed by atoms with Crippen molar-refractivity contribution in [3.05, 3.63) is 83.9 Å². The minimum Gasteiger partial charge on any atom is -0.494 e. The predicted molar refractivity (Wildman–Crippen MR) is 118 cm³/mol. The molecule has 0 amide bonds. The van der Waals surface area contributed by atoms with E-state index in [4.69, 9.17) is 4.74 Å². The highest BCUT2D eigenvalue weighted by atomic mass is 19.1. The number of hydrogen-bond donors (Lipinski definition) is 0. The van der Waals surface area contributed by atoms with E-state index in [-0.39, 0.29) is 11.6 Å². The number of fused-ring (bicyclic) bond motifs is 1. The van der Waals surface area contributed by atoms with Crippen LogP contribution in [0.25, 0.3) is 33.3 Å². The van der Waals surface area contributed by atoms with Crippen molar-refractivity contribution in [1.29, 1.82) is 0 Å². The minimum absolute atomic E-state index is 0.294. The van der Waals surface area contributed by atoms with E-state index in [9.17, 15) is 8.78 Å². The summed E-state index contributed by atoms with van der Waals surface area (Å²) in [6.07, 6.45) is 2.09. The van der Waals surface area contributed by atoms with Crippen LogP contribution >= 0.6 is 0 Å². The topological polar surface area (TPSA) is 22.1 Å². The van der Waals surface area contributed by atoms with Gasteiger partial charge in [-0.1, -0.05) is 37.6 Å². The lowest BCUT2D eigenvalue weighted by molar-refractivity contribution is 0.309. The van der Waals surface area contributed by atoms with Crippen molar-refractivity contribution in [2.75, 3.05) is 6.61 Å². The molecule has 0 unspecified atom stereocenters. The van der Waals surface area contributed by atoms with Gasteiger partial charge in [0.25, 0.3) is 0 Å². The van der Waals surface area contributed by atoms with Crippen molar-refractivity contribution < 1.29 is 13.5 Å². The van der Waals surface area contributed by atoms with Crippen molar-refractivity contribution in [2.45, 2.75) is 26.7 Å². The molecular weight excluding hydrogens is 380 g/mol. The van der Waals surface area contributed by atoms with Gasteiger partial charge in [0.1, 0.15) is 17.4 Å². The Morgan fingerprint density at radius 1 is 0.867 bits per heavy atom. The normalized spacial score (nSPS) is 11.1. The quantitative estimate of drug-likeness (QED) is 0.314. The average molecular weight is 403 g/mol. The van der Waals surface area contributed by atoms with Gasteiger partial charge in [0.05, 0.1) is 17.8 Å². The number of halogens is 2. The number of rotatable bonds is 6. The van der Waals surface area contributed by atoms with Crippen molar-refractivity contribution in [3.8, 4) is 28.1 Å². The van der Waals surface area contributed by atoms with Crippen LogP contribution in [0.1, 0.15) is 25.3 Å². The summed E-state index contributed by atoms with van der Waals surface area (Å²) in [5, 5.41) is 0.761. The van der Waals surface area contributed by atoms with Crippen molar-refractivity contribution in [1.82, 2.24) is 4.98 Å².